The predicted octanol–water partition coefficient (Wildman–Crippen LogP) is 9.05. The molecule has 2 aromatic rings. The summed E-state index contributed by atoms with van der Waals surface area (Å²) in [5.74, 6) is 1.04. The van der Waals surface area contributed by atoms with Crippen LogP contribution >= 0.6 is 0 Å². The Balaban J connectivity index is 1.65. The fraction of sp³-hybridized carbons (Fsp3) is 0.613. The lowest BCUT2D eigenvalue weighted by molar-refractivity contribution is 0.265. The van der Waals surface area contributed by atoms with Crippen molar-refractivity contribution in [2.24, 2.45) is 0 Å². The number of unbranched alkanes of at least 4 members (excludes halogenated alkanes) is 3. The van der Waals surface area contributed by atoms with Gasteiger partial charge in [-0.25, -0.2) is 0 Å². The molecule has 0 amide bonds. The van der Waals surface area contributed by atoms with Gasteiger partial charge in [-0.15, -0.1) is 0 Å². The Morgan fingerprint density at radius 1 is 0.750 bits per heavy atom. The minimum Gasteiger partial charge on any atom is -0.493 e. The van der Waals surface area contributed by atoms with Crippen LogP contribution in [0.15, 0.2) is 36.4 Å². The topological polar surface area (TPSA) is 9.23 Å². The van der Waals surface area contributed by atoms with Crippen molar-refractivity contribution in [1.29, 1.82) is 0 Å². The number of aryl methyl sites for hydroxylation is 4. The van der Waals surface area contributed by atoms with Gasteiger partial charge in [0, 0.05) is 0 Å². The Kier molecular flexibility index (Phi) is 9.69. The van der Waals surface area contributed by atoms with Crippen LogP contribution in [0.2, 0.25) is 0 Å². The molecule has 0 aromatic heterocycles. The summed E-state index contributed by atoms with van der Waals surface area (Å²) >= 11 is 0. The van der Waals surface area contributed by atoms with Crippen LogP contribution in [0.25, 0.3) is 0 Å². The zero-order chi connectivity index (χ0) is 22.8. The van der Waals surface area contributed by atoms with E-state index in [0.29, 0.717) is 5.41 Å². The first kappa shape index (κ1) is 24.9. The van der Waals surface area contributed by atoms with Gasteiger partial charge in [0.1, 0.15) is 5.75 Å². The molecule has 0 N–H and O–H groups in total. The highest BCUT2D eigenvalue weighted by atomic mass is 16.5. The van der Waals surface area contributed by atoms with Crippen molar-refractivity contribution >= 4 is 0 Å². The molecule has 0 unspecified atom stereocenters. The summed E-state index contributed by atoms with van der Waals surface area (Å²) in [7, 11) is 0. The van der Waals surface area contributed by atoms with Crippen LogP contribution in [-0.4, -0.2) is 6.61 Å². The van der Waals surface area contributed by atoms with Gasteiger partial charge in [-0.1, -0.05) is 89.1 Å². The van der Waals surface area contributed by atoms with Gasteiger partial charge < -0.3 is 4.74 Å². The third-order valence-electron chi connectivity index (χ3n) is 7.63. The Labute approximate surface area is 198 Å². The molecule has 0 radical (unpaired) electrons. The quantitative estimate of drug-likeness (QED) is 0.303. The molecule has 0 aliphatic heterocycles. The second kappa shape index (κ2) is 12.5. The number of hydrogen-bond acceptors (Lipinski definition) is 1. The minimum absolute atomic E-state index is 0.445. The second-order valence-electron chi connectivity index (χ2n) is 10.2. The van der Waals surface area contributed by atoms with E-state index in [-0.39, 0.29) is 0 Å². The molecule has 1 heteroatoms. The van der Waals surface area contributed by atoms with Gasteiger partial charge in [-0.05, 0) is 91.7 Å². The average molecular weight is 435 g/mol. The monoisotopic (exact) mass is 434 g/mol. The van der Waals surface area contributed by atoms with E-state index in [1.54, 1.807) is 5.56 Å². The molecular weight excluding hydrogens is 388 g/mol. The van der Waals surface area contributed by atoms with E-state index >= 15 is 0 Å². The minimum atomic E-state index is 0.445. The lowest BCUT2D eigenvalue weighted by atomic mass is 9.65. The van der Waals surface area contributed by atoms with Crippen molar-refractivity contribution in [2.45, 2.75) is 117 Å². The SMILES string of the molecule is CCCCCC1(c2ccc(CCc3ccc(OCCCC)c(C)c3)cc2C)CCCCC1. The molecule has 1 saturated carbocycles. The second-order valence-corrected chi connectivity index (χ2v) is 10.2. The van der Waals surface area contributed by atoms with Crippen LogP contribution in [0.4, 0.5) is 0 Å². The highest BCUT2D eigenvalue weighted by Crippen LogP contribution is 2.44. The smallest absolute Gasteiger partial charge is 0.122 e. The molecule has 1 aliphatic carbocycles. The maximum Gasteiger partial charge on any atom is 0.122 e. The Morgan fingerprint density at radius 3 is 2.03 bits per heavy atom. The Hall–Kier alpha value is -1.76. The first-order valence-electron chi connectivity index (χ1n) is 13.4. The van der Waals surface area contributed by atoms with Crippen LogP contribution in [0, 0.1) is 13.8 Å². The molecular formula is C31H46O. The third-order valence-corrected chi connectivity index (χ3v) is 7.63. The molecule has 1 fully saturated rings. The van der Waals surface area contributed by atoms with Gasteiger partial charge in [-0.3, -0.25) is 0 Å². The highest BCUT2D eigenvalue weighted by molar-refractivity contribution is 5.39. The van der Waals surface area contributed by atoms with Crippen molar-refractivity contribution in [1.82, 2.24) is 0 Å². The summed E-state index contributed by atoms with van der Waals surface area (Å²) in [5.41, 5.74) is 7.78. The number of rotatable bonds is 12. The van der Waals surface area contributed by atoms with E-state index in [2.05, 4.69) is 64.1 Å². The Morgan fingerprint density at radius 2 is 1.41 bits per heavy atom. The van der Waals surface area contributed by atoms with E-state index in [0.717, 1.165) is 31.6 Å². The molecule has 2 aromatic carbocycles. The molecule has 176 valence electrons. The van der Waals surface area contributed by atoms with Gasteiger partial charge in [0.2, 0.25) is 0 Å². The number of benzene rings is 2. The van der Waals surface area contributed by atoms with E-state index in [9.17, 15) is 0 Å². The molecule has 0 bridgehead atoms. The summed E-state index contributed by atoms with van der Waals surface area (Å²) < 4.78 is 5.93. The summed E-state index contributed by atoms with van der Waals surface area (Å²) in [5, 5.41) is 0. The van der Waals surface area contributed by atoms with Gasteiger partial charge in [0.15, 0.2) is 0 Å². The fourth-order valence-electron chi connectivity index (χ4n) is 5.72. The van der Waals surface area contributed by atoms with E-state index in [1.165, 1.54) is 86.5 Å². The first-order valence-corrected chi connectivity index (χ1v) is 13.4. The van der Waals surface area contributed by atoms with E-state index in [1.807, 2.05) is 0 Å². The molecule has 0 heterocycles. The van der Waals surface area contributed by atoms with Crippen LogP contribution in [0.3, 0.4) is 0 Å². The maximum absolute atomic E-state index is 5.93. The molecule has 0 atom stereocenters. The third kappa shape index (κ3) is 6.63. The fourth-order valence-corrected chi connectivity index (χ4v) is 5.72. The van der Waals surface area contributed by atoms with Crippen LogP contribution in [0.5, 0.6) is 5.75 Å². The van der Waals surface area contributed by atoms with Crippen LogP contribution in [0.1, 0.15) is 112 Å². The normalized spacial score (nSPS) is 15.6. The summed E-state index contributed by atoms with van der Waals surface area (Å²) in [6.45, 7) is 9.88. The standard InChI is InChI=1S/C31H46O/c1-5-7-10-19-31(20-11-9-12-21-31)29-17-15-27(23-25(29)3)13-14-28-16-18-30(26(4)24-28)32-22-8-6-2/h15-18,23-24H,5-14,19-22H2,1-4H3. The predicted molar refractivity (Wildman–Crippen MR) is 139 cm³/mol. The van der Waals surface area contributed by atoms with Crippen molar-refractivity contribution in [3.05, 3.63) is 64.2 Å². The van der Waals surface area contributed by atoms with E-state index < -0.39 is 0 Å². The summed E-state index contributed by atoms with van der Waals surface area (Å²) in [6, 6.07) is 14.1. The molecule has 32 heavy (non-hydrogen) atoms. The van der Waals surface area contributed by atoms with Crippen molar-refractivity contribution in [3.63, 3.8) is 0 Å². The lowest BCUT2D eigenvalue weighted by Crippen LogP contribution is -2.30. The van der Waals surface area contributed by atoms with E-state index in [4.69, 9.17) is 4.74 Å². The molecule has 3 rings (SSSR count). The van der Waals surface area contributed by atoms with Gasteiger partial charge in [0.05, 0.1) is 6.61 Å². The van der Waals surface area contributed by atoms with Gasteiger partial charge in [-0.2, -0.15) is 0 Å². The van der Waals surface area contributed by atoms with Gasteiger partial charge >= 0.3 is 0 Å². The van der Waals surface area contributed by atoms with Crippen LogP contribution < -0.4 is 4.74 Å². The van der Waals surface area contributed by atoms with Crippen molar-refractivity contribution < 1.29 is 4.74 Å². The summed E-state index contributed by atoms with van der Waals surface area (Å²) in [6.07, 6.45) is 17.0. The lowest BCUT2D eigenvalue weighted by Gasteiger charge is -2.39. The number of hydrogen-bond donors (Lipinski definition) is 0. The summed E-state index contributed by atoms with van der Waals surface area (Å²) in [4.78, 5) is 0. The molecule has 1 aliphatic rings. The average Bonchev–Trinajstić information content (AvgIpc) is 2.80. The molecule has 1 nitrogen and oxygen atoms in total. The van der Waals surface area contributed by atoms with Gasteiger partial charge in [0.25, 0.3) is 0 Å². The Bertz CT molecular complexity index is 828. The highest BCUT2D eigenvalue weighted by Gasteiger charge is 2.34. The maximum atomic E-state index is 5.93. The number of ether oxygens (including phenoxy) is 1. The van der Waals surface area contributed by atoms with Crippen molar-refractivity contribution in [3.8, 4) is 5.75 Å². The first-order chi connectivity index (χ1) is 15.6. The molecule has 0 saturated heterocycles. The largest absolute Gasteiger partial charge is 0.493 e. The van der Waals surface area contributed by atoms with Crippen molar-refractivity contribution in [2.75, 3.05) is 6.61 Å². The van der Waals surface area contributed by atoms with Crippen LogP contribution in [-0.2, 0) is 18.3 Å². The zero-order valence-corrected chi connectivity index (χ0v) is 21.3. The zero-order valence-electron chi connectivity index (χ0n) is 21.3. The molecule has 0 spiro atoms.